The summed E-state index contributed by atoms with van der Waals surface area (Å²) in [6.45, 7) is 3.48. The molecule has 0 spiro atoms. The van der Waals surface area contributed by atoms with Gasteiger partial charge in [-0.1, -0.05) is 28.1 Å². The monoisotopic (exact) mass is 509 g/mol. The van der Waals surface area contributed by atoms with Crippen molar-refractivity contribution in [3.63, 3.8) is 0 Å². The van der Waals surface area contributed by atoms with Crippen LogP contribution in [0.1, 0.15) is 54.1 Å². The Kier molecular flexibility index (Phi) is 6.74. The zero-order chi connectivity index (χ0) is 22.8. The molecule has 33 heavy (non-hydrogen) atoms. The van der Waals surface area contributed by atoms with Gasteiger partial charge >= 0.3 is 0 Å². The van der Waals surface area contributed by atoms with E-state index in [0.29, 0.717) is 17.5 Å². The van der Waals surface area contributed by atoms with E-state index in [4.69, 9.17) is 4.74 Å². The zero-order valence-corrected chi connectivity index (χ0v) is 20.7. The van der Waals surface area contributed by atoms with Crippen LogP contribution in [0.2, 0.25) is 0 Å². The maximum absolute atomic E-state index is 12.8. The number of piperidine rings is 1. The molecule has 2 N–H and O–H groups in total. The molecule has 1 aliphatic carbocycles. The van der Waals surface area contributed by atoms with Crippen LogP contribution in [-0.2, 0) is 0 Å². The summed E-state index contributed by atoms with van der Waals surface area (Å²) in [4.78, 5) is 18.7. The minimum absolute atomic E-state index is 0.00767. The van der Waals surface area contributed by atoms with Gasteiger partial charge in [0.2, 0.25) is 0 Å². The normalized spacial score (nSPS) is 22.0. The van der Waals surface area contributed by atoms with Gasteiger partial charge in [-0.05, 0) is 99.0 Å². The number of hydrogen-bond acceptors (Lipinski definition) is 3. The number of fused-ring (bicyclic) bond motifs is 1. The number of ether oxygens (including phenoxy) is 1. The molecule has 5 rings (SSSR count). The third kappa shape index (κ3) is 5.28. The molecule has 1 aliphatic heterocycles. The number of amides is 1. The van der Waals surface area contributed by atoms with Crippen molar-refractivity contribution in [2.24, 2.45) is 5.92 Å². The van der Waals surface area contributed by atoms with Crippen LogP contribution in [0.5, 0.6) is 5.75 Å². The molecule has 2 aliphatic rings. The second-order valence-corrected chi connectivity index (χ2v) is 10.5. The Morgan fingerprint density at radius 1 is 1.09 bits per heavy atom. The van der Waals surface area contributed by atoms with Gasteiger partial charge < -0.3 is 19.9 Å². The predicted octanol–water partition coefficient (Wildman–Crippen LogP) is 5.72. The van der Waals surface area contributed by atoms with Gasteiger partial charge in [-0.3, -0.25) is 4.79 Å². The average Bonchev–Trinajstić information content (AvgIpc) is 3.46. The third-order valence-electron chi connectivity index (χ3n) is 7.40. The first-order chi connectivity index (χ1) is 16.1. The highest BCUT2D eigenvalue weighted by atomic mass is 79.9. The van der Waals surface area contributed by atoms with E-state index in [1.807, 2.05) is 24.3 Å². The summed E-state index contributed by atoms with van der Waals surface area (Å²) in [6.07, 6.45) is 5.79. The van der Waals surface area contributed by atoms with Crippen molar-refractivity contribution in [1.82, 2.24) is 15.2 Å². The molecule has 5 nitrogen and oxygen atoms in total. The Bertz CT molecular complexity index is 1100. The summed E-state index contributed by atoms with van der Waals surface area (Å²) in [7, 11) is 1.72. The van der Waals surface area contributed by atoms with Gasteiger partial charge in [0.1, 0.15) is 11.4 Å². The molecule has 1 saturated carbocycles. The van der Waals surface area contributed by atoms with Gasteiger partial charge in [0.15, 0.2) is 0 Å². The van der Waals surface area contributed by atoms with Crippen molar-refractivity contribution in [2.45, 2.75) is 44.1 Å². The van der Waals surface area contributed by atoms with Crippen LogP contribution in [0.4, 0.5) is 0 Å². The first-order valence-electron chi connectivity index (χ1n) is 12.0. The highest BCUT2D eigenvalue weighted by Gasteiger charge is 2.29. The number of aromatic nitrogens is 1. The number of H-pyrrole nitrogens is 1. The van der Waals surface area contributed by atoms with Gasteiger partial charge in [0.25, 0.3) is 5.91 Å². The standard InChI is InChI=1S/C27H32BrN3O2/c1-33-24-7-3-19(4-8-24)20-10-12-31(13-11-20)17-18-2-6-23(14-18)29-27(32)26-16-21-15-22(28)5-9-25(21)30-26/h3-5,7-9,15-16,18,20,23,30H,2,6,10-14,17H2,1H3,(H,29,32)/t18-,23+/m1/s1. The largest absolute Gasteiger partial charge is 0.497 e. The smallest absolute Gasteiger partial charge is 0.267 e. The molecule has 6 heteroatoms. The van der Waals surface area contributed by atoms with Crippen LogP contribution in [0.3, 0.4) is 0 Å². The van der Waals surface area contributed by atoms with E-state index in [-0.39, 0.29) is 11.9 Å². The van der Waals surface area contributed by atoms with E-state index in [9.17, 15) is 4.79 Å². The molecule has 2 aromatic carbocycles. The lowest BCUT2D eigenvalue weighted by molar-refractivity contribution is 0.0932. The molecule has 0 radical (unpaired) electrons. The molecule has 0 unspecified atom stereocenters. The topological polar surface area (TPSA) is 57.4 Å². The van der Waals surface area contributed by atoms with E-state index in [1.165, 1.54) is 24.8 Å². The van der Waals surface area contributed by atoms with Crippen LogP contribution in [0, 0.1) is 5.92 Å². The Hall–Kier alpha value is -2.31. The van der Waals surface area contributed by atoms with Crippen LogP contribution < -0.4 is 10.1 Å². The molecule has 1 saturated heterocycles. The lowest BCUT2D eigenvalue weighted by atomic mass is 9.89. The number of nitrogens with zero attached hydrogens (tertiary/aromatic N) is 1. The molecule has 174 valence electrons. The lowest BCUT2D eigenvalue weighted by Crippen LogP contribution is -2.37. The number of methoxy groups -OCH3 is 1. The quantitative estimate of drug-likeness (QED) is 0.446. The fraction of sp³-hybridized carbons (Fsp3) is 0.444. The Morgan fingerprint density at radius 2 is 1.88 bits per heavy atom. The number of likely N-dealkylation sites (tertiary alicyclic amines) is 1. The number of halogens is 1. The van der Waals surface area contributed by atoms with Gasteiger partial charge in [-0.25, -0.2) is 0 Å². The van der Waals surface area contributed by atoms with Crippen molar-refractivity contribution in [1.29, 1.82) is 0 Å². The molecule has 1 amide bonds. The Morgan fingerprint density at radius 3 is 2.64 bits per heavy atom. The van der Waals surface area contributed by atoms with Crippen LogP contribution in [-0.4, -0.2) is 48.6 Å². The molecule has 0 bridgehead atoms. The minimum atomic E-state index is 0.00767. The third-order valence-corrected chi connectivity index (χ3v) is 7.89. The van der Waals surface area contributed by atoms with Crippen molar-refractivity contribution in [2.75, 3.05) is 26.7 Å². The first-order valence-corrected chi connectivity index (χ1v) is 12.8. The number of aromatic amines is 1. The van der Waals surface area contributed by atoms with Crippen LogP contribution in [0.15, 0.2) is 53.0 Å². The summed E-state index contributed by atoms with van der Waals surface area (Å²) in [6, 6.07) is 16.8. The highest BCUT2D eigenvalue weighted by Crippen LogP contribution is 2.32. The van der Waals surface area contributed by atoms with E-state index in [2.05, 4.69) is 55.4 Å². The molecule has 2 atom stereocenters. The number of hydrogen-bond donors (Lipinski definition) is 2. The van der Waals surface area contributed by atoms with Crippen molar-refractivity contribution in [3.8, 4) is 5.75 Å². The summed E-state index contributed by atoms with van der Waals surface area (Å²) in [5.74, 6) is 2.26. The van der Waals surface area contributed by atoms with Crippen molar-refractivity contribution >= 4 is 32.7 Å². The van der Waals surface area contributed by atoms with Crippen LogP contribution in [0.25, 0.3) is 10.9 Å². The summed E-state index contributed by atoms with van der Waals surface area (Å²) in [5, 5.41) is 4.32. The zero-order valence-electron chi connectivity index (χ0n) is 19.1. The number of nitrogens with one attached hydrogen (secondary N) is 2. The highest BCUT2D eigenvalue weighted by molar-refractivity contribution is 9.10. The Labute approximate surface area is 204 Å². The predicted molar refractivity (Wildman–Crippen MR) is 136 cm³/mol. The Balaban J connectivity index is 1.08. The average molecular weight is 510 g/mol. The first kappa shape index (κ1) is 22.5. The summed E-state index contributed by atoms with van der Waals surface area (Å²) in [5.41, 5.74) is 3.07. The van der Waals surface area contributed by atoms with Crippen molar-refractivity contribution in [3.05, 3.63) is 64.3 Å². The fourth-order valence-corrected chi connectivity index (χ4v) is 5.93. The van der Waals surface area contributed by atoms with E-state index in [0.717, 1.165) is 53.6 Å². The fourth-order valence-electron chi connectivity index (χ4n) is 5.55. The van der Waals surface area contributed by atoms with Crippen LogP contribution >= 0.6 is 15.9 Å². The molecule has 1 aromatic heterocycles. The summed E-state index contributed by atoms with van der Waals surface area (Å²) >= 11 is 3.49. The van der Waals surface area contributed by atoms with Gasteiger partial charge in [0, 0.05) is 28.0 Å². The summed E-state index contributed by atoms with van der Waals surface area (Å²) < 4.78 is 6.31. The SMILES string of the molecule is COc1ccc(C2CCN(C[C@@H]3CC[C@H](NC(=O)c4cc5cc(Br)ccc5[nH]4)C3)CC2)cc1. The van der Waals surface area contributed by atoms with E-state index in [1.54, 1.807) is 7.11 Å². The van der Waals surface area contributed by atoms with E-state index >= 15 is 0 Å². The number of benzene rings is 2. The molecule has 2 fully saturated rings. The minimum Gasteiger partial charge on any atom is -0.497 e. The lowest BCUT2D eigenvalue weighted by Gasteiger charge is -2.33. The second-order valence-electron chi connectivity index (χ2n) is 9.61. The van der Waals surface area contributed by atoms with Gasteiger partial charge in [0.05, 0.1) is 7.11 Å². The number of carbonyl (C=O) groups excluding carboxylic acids is 1. The number of rotatable bonds is 6. The maximum atomic E-state index is 12.8. The maximum Gasteiger partial charge on any atom is 0.267 e. The second kappa shape index (κ2) is 9.90. The van der Waals surface area contributed by atoms with Gasteiger partial charge in [-0.15, -0.1) is 0 Å². The molecular formula is C27H32BrN3O2. The molecular weight excluding hydrogens is 478 g/mol. The van der Waals surface area contributed by atoms with E-state index < -0.39 is 0 Å². The van der Waals surface area contributed by atoms with Crippen molar-refractivity contribution < 1.29 is 9.53 Å². The van der Waals surface area contributed by atoms with Gasteiger partial charge in [-0.2, -0.15) is 0 Å². The number of carbonyl (C=O) groups is 1. The molecule has 3 aromatic rings. The molecule has 2 heterocycles.